The van der Waals surface area contributed by atoms with Crippen LogP contribution in [-0.2, 0) is 5.54 Å². The summed E-state index contributed by atoms with van der Waals surface area (Å²) in [5, 5.41) is 7.49. The van der Waals surface area contributed by atoms with E-state index in [9.17, 15) is 0 Å². The van der Waals surface area contributed by atoms with Crippen molar-refractivity contribution in [2.24, 2.45) is 0 Å². The zero-order valence-electron chi connectivity index (χ0n) is 28.6. The fraction of sp³-hybridized carbons (Fsp3) is 0.0833. The summed E-state index contributed by atoms with van der Waals surface area (Å²) in [4.78, 5) is 2.45. The molecule has 0 aliphatic rings. The van der Waals surface area contributed by atoms with Gasteiger partial charge in [0.2, 0.25) is 0 Å². The zero-order chi connectivity index (χ0) is 33.8. The van der Waals surface area contributed by atoms with Gasteiger partial charge in [-0.3, -0.25) is 0 Å². The number of benzene rings is 8. The van der Waals surface area contributed by atoms with Crippen molar-refractivity contribution in [1.82, 2.24) is 4.57 Å². The van der Waals surface area contributed by atoms with E-state index in [1.54, 1.807) is 0 Å². The molecule has 0 aliphatic carbocycles. The summed E-state index contributed by atoms with van der Waals surface area (Å²) in [5.41, 5.74) is 10.7. The summed E-state index contributed by atoms with van der Waals surface area (Å²) in [7, 11) is 0. The molecule has 2 nitrogen and oxygen atoms in total. The van der Waals surface area contributed by atoms with Gasteiger partial charge in [-0.2, -0.15) is 0 Å². The Morgan fingerprint density at radius 3 is 1.76 bits per heavy atom. The molecule has 0 spiro atoms. The van der Waals surface area contributed by atoms with E-state index >= 15 is 0 Å². The largest absolute Gasteiger partial charge is 0.335 e. The van der Waals surface area contributed by atoms with Crippen LogP contribution in [-0.4, -0.2) is 4.57 Å². The van der Waals surface area contributed by atoms with Gasteiger partial charge in [-0.25, -0.2) is 0 Å². The van der Waals surface area contributed by atoms with Gasteiger partial charge >= 0.3 is 0 Å². The van der Waals surface area contributed by atoms with Crippen LogP contribution in [0.2, 0.25) is 0 Å². The Hall–Kier alpha value is -6.12. The molecule has 9 aromatic rings. The number of anilines is 3. The smallest absolute Gasteiger partial charge is 0.0546 e. The predicted octanol–water partition coefficient (Wildman–Crippen LogP) is 13.7. The molecule has 0 N–H and O–H groups in total. The monoisotopic (exact) mass is 642 g/mol. The Labute approximate surface area is 293 Å². The number of hydrogen-bond acceptors (Lipinski definition) is 1. The molecule has 0 fully saturated rings. The second-order valence-corrected chi connectivity index (χ2v) is 14.2. The fourth-order valence-corrected chi connectivity index (χ4v) is 7.84. The van der Waals surface area contributed by atoms with Crippen LogP contribution in [0.15, 0.2) is 176 Å². The normalized spacial score (nSPS) is 11.9. The van der Waals surface area contributed by atoms with Crippen molar-refractivity contribution in [2.45, 2.75) is 26.3 Å². The van der Waals surface area contributed by atoms with Crippen LogP contribution in [0.4, 0.5) is 17.1 Å². The minimum absolute atomic E-state index is 0.0564. The van der Waals surface area contributed by atoms with E-state index in [0.29, 0.717) is 0 Å². The number of hydrogen-bond donors (Lipinski definition) is 0. The average Bonchev–Trinajstić information content (AvgIpc) is 3.50. The topological polar surface area (TPSA) is 8.17 Å². The lowest BCUT2D eigenvalue weighted by Crippen LogP contribution is -2.21. The third-order valence-corrected chi connectivity index (χ3v) is 10.0. The molecule has 0 atom stereocenters. The third-order valence-electron chi connectivity index (χ3n) is 10.0. The highest BCUT2D eigenvalue weighted by molar-refractivity contribution is 6.10. The van der Waals surface area contributed by atoms with Gasteiger partial charge in [0.15, 0.2) is 0 Å². The van der Waals surface area contributed by atoms with Crippen molar-refractivity contribution in [3.05, 3.63) is 176 Å². The SMILES string of the molecule is CC(C)(C)n1c2ccccc2c2ccc(-c3ccc(N(c4ccc5ccccc5c4-c4ccccc4)c4cccc5ccccc45)cc3)cc21. The first-order valence-corrected chi connectivity index (χ1v) is 17.4. The van der Waals surface area contributed by atoms with Crippen molar-refractivity contribution >= 4 is 60.4 Å². The molecule has 50 heavy (non-hydrogen) atoms. The van der Waals surface area contributed by atoms with E-state index in [0.717, 1.165) is 17.1 Å². The average molecular weight is 643 g/mol. The molecule has 9 rings (SSSR count). The van der Waals surface area contributed by atoms with Crippen LogP contribution in [0.1, 0.15) is 20.8 Å². The predicted molar refractivity (Wildman–Crippen MR) is 215 cm³/mol. The quantitative estimate of drug-likeness (QED) is 0.181. The molecule has 0 unspecified atom stereocenters. The molecule has 0 amide bonds. The maximum absolute atomic E-state index is 2.49. The van der Waals surface area contributed by atoms with E-state index in [1.807, 2.05) is 0 Å². The van der Waals surface area contributed by atoms with Gasteiger partial charge in [0.25, 0.3) is 0 Å². The van der Waals surface area contributed by atoms with Crippen LogP contribution in [0.25, 0.3) is 65.6 Å². The van der Waals surface area contributed by atoms with Crippen molar-refractivity contribution < 1.29 is 0 Å². The summed E-state index contributed by atoms with van der Waals surface area (Å²) in [6, 6.07) is 64.2. The summed E-state index contributed by atoms with van der Waals surface area (Å²) < 4.78 is 2.49. The van der Waals surface area contributed by atoms with Gasteiger partial charge in [0.05, 0.1) is 16.9 Å². The number of fused-ring (bicyclic) bond motifs is 5. The maximum Gasteiger partial charge on any atom is 0.0546 e. The van der Waals surface area contributed by atoms with Crippen LogP contribution in [0.5, 0.6) is 0 Å². The first-order valence-electron chi connectivity index (χ1n) is 17.4. The molecule has 2 heteroatoms. The molecular weight excluding hydrogens is 605 g/mol. The lowest BCUT2D eigenvalue weighted by molar-refractivity contribution is 0.423. The van der Waals surface area contributed by atoms with Gasteiger partial charge in [-0.15, -0.1) is 0 Å². The molecule has 0 saturated heterocycles. The minimum Gasteiger partial charge on any atom is -0.335 e. The highest BCUT2D eigenvalue weighted by Gasteiger charge is 2.23. The molecule has 0 saturated carbocycles. The highest BCUT2D eigenvalue weighted by atomic mass is 15.1. The van der Waals surface area contributed by atoms with E-state index in [-0.39, 0.29) is 5.54 Å². The number of rotatable bonds is 5. The van der Waals surface area contributed by atoms with Crippen LogP contribution in [0, 0.1) is 0 Å². The van der Waals surface area contributed by atoms with Gasteiger partial charge < -0.3 is 9.47 Å². The first kappa shape index (κ1) is 30.0. The highest BCUT2D eigenvalue weighted by Crippen LogP contribution is 2.46. The van der Waals surface area contributed by atoms with E-state index in [1.165, 1.54) is 65.6 Å². The van der Waals surface area contributed by atoms with Crippen LogP contribution < -0.4 is 4.90 Å². The maximum atomic E-state index is 2.49. The molecule has 0 radical (unpaired) electrons. The Balaban J connectivity index is 1.25. The molecule has 0 aliphatic heterocycles. The molecule has 1 aromatic heterocycles. The van der Waals surface area contributed by atoms with E-state index in [4.69, 9.17) is 0 Å². The molecule has 8 aromatic carbocycles. The minimum atomic E-state index is -0.0564. The van der Waals surface area contributed by atoms with Gasteiger partial charge in [-0.1, -0.05) is 140 Å². The Morgan fingerprint density at radius 2 is 1.00 bits per heavy atom. The van der Waals surface area contributed by atoms with Crippen LogP contribution in [0.3, 0.4) is 0 Å². The zero-order valence-corrected chi connectivity index (χ0v) is 28.6. The molecule has 1 heterocycles. The Kier molecular flexibility index (Phi) is 7.07. The second-order valence-electron chi connectivity index (χ2n) is 14.2. The molecule has 240 valence electrons. The lowest BCUT2D eigenvalue weighted by Gasteiger charge is -2.30. The van der Waals surface area contributed by atoms with Gasteiger partial charge in [0, 0.05) is 38.5 Å². The third kappa shape index (κ3) is 4.95. The summed E-state index contributed by atoms with van der Waals surface area (Å²) >= 11 is 0. The van der Waals surface area contributed by atoms with Crippen molar-refractivity contribution in [3.8, 4) is 22.3 Å². The molecular formula is C48H38N2. The number of para-hydroxylation sites is 1. The van der Waals surface area contributed by atoms with E-state index < -0.39 is 0 Å². The Morgan fingerprint density at radius 1 is 0.400 bits per heavy atom. The summed E-state index contributed by atoms with van der Waals surface area (Å²) in [6.07, 6.45) is 0. The van der Waals surface area contributed by atoms with Crippen LogP contribution >= 0.6 is 0 Å². The summed E-state index contributed by atoms with van der Waals surface area (Å²) in [6.45, 7) is 6.87. The van der Waals surface area contributed by atoms with Gasteiger partial charge in [0.1, 0.15) is 0 Å². The second kappa shape index (κ2) is 11.8. The number of nitrogens with zero attached hydrogens (tertiary/aromatic N) is 2. The first-order chi connectivity index (χ1) is 24.5. The van der Waals surface area contributed by atoms with E-state index in [2.05, 4.69) is 206 Å². The Bertz CT molecular complexity index is 2670. The van der Waals surface area contributed by atoms with Crippen molar-refractivity contribution in [1.29, 1.82) is 0 Å². The van der Waals surface area contributed by atoms with Gasteiger partial charge in [-0.05, 0) is 90.0 Å². The fourth-order valence-electron chi connectivity index (χ4n) is 7.84. The lowest BCUT2D eigenvalue weighted by atomic mass is 9.94. The van der Waals surface area contributed by atoms with Crippen molar-refractivity contribution in [3.63, 3.8) is 0 Å². The standard InChI is InChI=1S/C48H38N2/c1-48(2,3)50-44-22-12-11-21-41(44)42-30-26-37(32-46(42)50)33-24-28-38(29-25-33)49(43-23-13-18-34-14-7-9-19-39(34)43)45-31-27-35-15-8-10-20-40(35)47(45)36-16-5-4-6-17-36/h4-32H,1-3H3. The molecule has 0 bridgehead atoms. The number of aromatic nitrogens is 1. The summed E-state index contributed by atoms with van der Waals surface area (Å²) in [5.74, 6) is 0. The van der Waals surface area contributed by atoms with Crippen molar-refractivity contribution in [2.75, 3.05) is 4.90 Å².